The third-order valence-electron chi connectivity index (χ3n) is 4.24. The number of carboxylic acids is 1. The molecule has 0 bridgehead atoms. The van der Waals surface area contributed by atoms with Gasteiger partial charge in [0, 0.05) is 25.7 Å². The van der Waals surface area contributed by atoms with Crippen molar-refractivity contribution < 1.29 is 24.0 Å². The summed E-state index contributed by atoms with van der Waals surface area (Å²) < 4.78 is 18.4. The number of nitrogens with zero attached hydrogens (tertiary/aromatic N) is 2. The van der Waals surface area contributed by atoms with E-state index in [4.69, 9.17) is 9.84 Å². The molecule has 26 heavy (non-hydrogen) atoms. The van der Waals surface area contributed by atoms with Gasteiger partial charge in [-0.05, 0) is 29.3 Å². The van der Waals surface area contributed by atoms with Crippen molar-refractivity contribution >= 4 is 11.7 Å². The van der Waals surface area contributed by atoms with Gasteiger partial charge < -0.3 is 9.84 Å². The van der Waals surface area contributed by atoms with Crippen LogP contribution in [0.3, 0.4) is 0 Å². The number of aliphatic carboxylic acids is 1. The van der Waals surface area contributed by atoms with Crippen LogP contribution in [0.2, 0.25) is 0 Å². The van der Waals surface area contributed by atoms with Gasteiger partial charge in [0.1, 0.15) is 12.4 Å². The van der Waals surface area contributed by atoms with Gasteiger partial charge in [-0.2, -0.15) is 0 Å². The molecule has 2 aromatic carbocycles. The summed E-state index contributed by atoms with van der Waals surface area (Å²) in [4.78, 5) is 23.5. The second kappa shape index (κ2) is 7.49. The maximum absolute atomic E-state index is 12.9. The lowest BCUT2D eigenvalue weighted by Gasteiger charge is -2.36. The Morgan fingerprint density at radius 2 is 1.88 bits per heavy atom. The molecule has 7 nitrogen and oxygen atoms in total. The minimum atomic E-state index is -0.822. The van der Waals surface area contributed by atoms with Crippen LogP contribution in [0.1, 0.15) is 11.1 Å². The Labute approximate surface area is 148 Å². The highest BCUT2D eigenvalue weighted by Crippen LogP contribution is 2.30. The first-order valence-corrected chi connectivity index (χ1v) is 8.02. The molecule has 136 valence electrons. The van der Waals surface area contributed by atoms with Crippen molar-refractivity contribution in [3.63, 3.8) is 0 Å². The fourth-order valence-electron chi connectivity index (χ4n) is 2.78. The average Bonchev–Trinajstić information content (AvgIpc) is 2.57. The molecule has 1 aliphatic rings. The second-order valence-electron chi connectivity index (χ2n) is 6.20. The van der Waals surface area contributed by atoms with Crippen molar-refractivity contribution in [3.8, 4) is 5.75 Å². The molecule has 1 fully saturated rings. The second-order valence-corrected chi connectivity index (χ2v) is 6.20. The summed E-state index contributed by atoms with van der Waals surface area (Å²) in [6.07, 6.45) is 0. The topological polar surface area (TPSA) is 92.9 Å². The fraction of sp³-hybridized carbons (Fsp3) is 0.278. The number of carboxylic acid groups (broad SMARTS) is 1. The maximum atomic E-state index is 12.9. The molecule has 1 saturated heterocycles. The van der Waals surface area contributed by atoms with Crippen molar-refractivity contribution in [2.75, 3.05) is 13.1 Å². The van der Waals surface area contributed by atoms with Gasteiger partial charge in [0.15, 0.2) is 5.75 Å². The number of halogens is 1. The molecular weight excluding hydrogens is 343 g/mol. The van der Waals surface area contributed by atoms with Crippen LogP contribution in [-0.4, -0.2) is 34.0 Å². The summed E-state index contributed by atoms with van der Waals surface area (Å²) in [5.41, 5.74) is 1.26. The number of nitro benzene ring substituents is 1. The van der Waals surface area contributed by atoms with E-state index in [9.17, 15) is 19.3 Å². The molecule has 0 radical (unpaired) electrons. The van der Waals surface area contributed by atoms with Gasteiger partial charge in [0.05, 0.1) is 10.8 Å². The zero-order chi connectivity index (χ0) is 18.7. The molecule has 1 aliphatic heterocycles. The first kappa shape index (κ1) is 17.8. The Kier molecular flexibility index (Phi) is 5.13. The van der Waals surface area contributed by atoms with Crippen LogP contribution in [0.15, 0.2) is 42.5 Å². The van der Waals surface area contributed by atoms with Crippen molar-refractivity contribution in [2.24, 2.45) is 5.92 Å². The maximum Gasteiger partial charge on any atom is 0.311 e. The number of hydrogen-bond acceptors (Lipinski definition) is 5. The third-order valence-corrected chi connectivity index (χ3v) is 4.24. The molecule has 0 unspecified atom stereocenters. The highest BCUT2D eigenvalue weighted by atomic mass is 19.1. The quantitative estimate of drug-likeness (QED) is 0.603. The van der Waals surface area contributed by atoms with E-state index in [1.807, 2.05) is 4.90 Å². The molecule has 1 N–H and O–H groups in total. The number of nitro groups is 1. The monoisotopic (exact) mass is 360 g/mol. The summed E-state index contributed by atoms with van der Waals surface area (Å²) >= 11 is 0. The Morgan fingerprint density at radius 3 is 2.50 bits per heavy atom. The smallest absolute Gasteiger partial charge is 0.311 e. The highest BCUT2D eigenvalue weighted by Gasteiger charge is 2.32. The molecule has 8 heteroatoms. The number of benzene rings is 2. The van der Waals surface area contributed by atoms with Gasteiger partial charge in [0.25, 0.3) is 0 Å². The summed E-state index contributed by atoms with van der Waals surface area (Å²) in [5, 5.41) is 20.2. The average molecular weight is 360 g/mol. The van der Waals surface area contributed by atoms with Crippen molar-refractivity contribution in [1.82, 2.24) is 4.90 Å². The lowest BCUT2D eigenvalue weighted by Crippen LogP contribution is -2.49. The van der Waals surface area contributed by atoms with Crippen molar-refractivity contribution in [3.05, 3.63) is 69.5 Å². The SMILES string of the molecule is O=C(O)C1CN(Cc2ccc(OCc3ccc(F)cc3)c([N+](=O)[O-])c2)C1. The largest absolute Gasteiger partial charge is 0.482 e. The van der Waals surface area contributed by atoms with E-state index in [2.05, 4.69) is 0 Å². The van der Waals surface area contributed by atoms with E-state index in [0.717, 1.165) is 5.56 Å². The lowest BCUT2D eigenvalue weighted by atomic mass is 9.99. The van der Waals surface area contributed by atoms with E-state index in [1.165, 1.54) is 24.3 Å². The summed E-state index contributed by atoms with van der Waals surface area (Å²) in [6.45, 7) is 1.41. The van der Waals surface area contributed by atoms with Crippen LogP contribution in [0.5, 0.6) is 5.75 Å². The van der Waals surface area contributed by atoms with Crippen LogP contribution >= 0.6 is 0 Å². The molecule has 0 saturated carbocycles. The standard InChI is InChI=1S/C18H17FN2O5/c19-15-4-1-12(2-5-15)11-26-17-6-3-13(7-16(17)21(24)25)8-20-9-14(10-20)18(22)23/h1-7,14H,8-11H2,(H,22,23). The van der Waals surface area contributed by atoms with Crippen molar-refractivity contribution in [2.45, 2.75) is 13.2 Å². The summed E-state index contributed by atoms with van der Waals surface area (Å²) in [7, 11) is 0. The van der Waals surface area contributed by atoms with E-state index in [0.29, 0.717) is 25.2 Å². The predicted molar refractivity (Wildman–Crippen MR) is 90.2 cm³/mol. The first-order chi connectivity index (χ1) is 12.4. The summed E-state index contributed by atoms with van der Waals surface area (Å²) in [6, 6.07) is 10.4. The number of rotatable bonds is 7. The Bertz CT molecular complexity index is 819. The zero-order valence-corrected chi connectivity index (χ0v) is 13.8. The molecule has 0 atom stereocenters. The molecule has 3 rings (SSSR count). The van der Waals surface area contributed by atoms with Gasteiger partial charge in [-0.1, -0.05) is 18.2 Å². The van der Waals surface area contributed by atoms with Crippen LogP contribution < -0.4 is 4.74 Å². The van der Waals surface area contributed by atoms with Gasteiger partial charge in [-0.3, -0.25) is 19.8 Å². The Balaban J connectivity index is 1.66. The van der Waals surface area contributed by atoms with E-state index in [1.54, 1.807) is 18.2 Å². The van der Waals surface area contributed by atoms with Crippen molar-refractivity contribution in [1.29, 1.82) is 0 Å². The molecule has 2 aromatic rings. The number of hydrogen-bond donors (Lipinski definition) is 1. The number of carbonyl (C=O) groups is 1. The van der Waals surface area contributed by atoms with Crippen LogP contribution in [0, 0.1) is 21.8 Å². The van der Waals surface area contributed by atoms with E-state index in [-0.39, 0.29) is 29.8 Å². The van der Waals surface area contributed by atoms with Crippen LogP contribution in [-0.2, 0) is 17.9 Å². The normalized spacial score (nSPS) is 14.7. The van der Waals surface area contributed by atoms with Gasteiger partial charge in [-0.25, -0.2) is 4.39 Å². The highest BCUT2D eigenvalue weighted by molar-refractivity contribution is 5.71. The van der Waals surface area contributed by atoms with Crippen LogP contribution in [0.4, 0.5) is 10.1 Å². The molecular formula is C18H17FN2O5. The zero-order valence-electron chi connectivity index (χ0n) is 13.8. The lowest BCUT2D eigenvalue weighted by molar-refractivity contribution is -0.386. The molecule has 1 heterocycles. The van der Waals surface area contributed by atoms with Gasteiger partial charge in [0.2, 0.25) is 0 Å². The van der Waals surface area contributed by atoms with E-state index < -0.39 is 10.9 Å². The minimum absolute atomic E-state index is 0.0902. The fourth-order valence-corrected chi connectivity index (χ4v) is 2.78. The summed E-state index contributed by atoms with van der Waals surface area (Å²) in [5.74, 6) is -1.42. The molecule has 0 aliphatic carbocycles. The number of ether oxygens (including phenoxy) is 1. The number of likely N-dealkylation sites (tertiary alicyclic amines) is 1. The third kappa shape index (κ3) is 4.15. The molecule has 0 aromatic heterocycles. The first-order valence-electron chi connectivity index (χ1n) is 8.02. The Hall–Kier alpha value is -3.00. The predicted octanol–water partition coefficient (Wildman–Crippen LogP) is 2.83. The van der Waals surface area contributed by atoms with Crippen LogP contribution in [0.25, 0.3) is 0 Å². The minimum Gasteiger partial charge on any atom is -0.482 e. The molecule has 0 spiro atoms. The Morgan fingerprint density at radius 1 is 1.23 bits per heavy atom. The van der Waals surface area contributed by atoms with Gasteiger partial charge in [-0.15, -0.1) is 0 Å². The van der Waals surface area contributed by atoms with E-state index >= 15 is 0 Å². The van der Waals surface area contributed by atoms with Gasteiger partial charge >= 0.3 is 11.7 Å². The molecule has 0 amide bonds.